The number of nitrogens with zero attached hydrogens (tertiary/aromatic N) is 2. The predicted molar refractivity (Wildman–Crippen MR) is 126 cm³/mol. The lowest BCUT2D eigenvalue weighted by atomic mass is 9.86. The first kappa shape index (κ1) is 22.8. The van der Waals surface area contributed by atoms with Crippen LogP contribution in [0.25, 0.3) is 0 Å². The van der Waals surface area contributed by atoms with Gasteiger partial charge in [-0.3, -0.25) is 9.69 Å². The van der Waals surface area contributed by atoms with E-state index in [1.54, 1.807) is 12.1 Å². The minimum absolute atomic E-state index is 0.0703. The number of para-hydroxylation sites is 1. The van der Waals surface area contributed by atoms with E-state index in [1.165, 1.54) is 11.6 Å². The summed E-state index contributed by atoms with van der Waals surface area (Å²) >= 11 is 0. The third kappa shape index (κ3) is 5.32. The highest BCUT2D eigenvalue weighted by Gasteiger charge is 2.30. The number of benzene rings is 2. The molecule has 2 aromatic rings. The predicted octanol–water partition coefficient (Wildman–Crippen LogP) is 5.27. The van der Waals surface area contributed by atoms with E-state index in [1.807, 2.05) is 23.1 Å². The molecule has 32 heavy (non-hydrogen) atoms. The molecule has 0 unspecified atom stereocenters. The molecule has 0 aliphatic carbocycles. The summed E-state index contributed by atoms with van der Waals surface area (Å²) in [6, 6.07) is 15.2. The van der Waals surface area contributed by atoms with Crippen LogP contribution in [0.1, 0.15) is 62.4 Å². The lowest BCUT2D eigenvalue weighted by molar-refractivity contribution is 0.0416. The highest BCUT2D eigenvalue weighted by molar-refractivity contribution is 5.94. The van der Waals surface area contributed by atoms with Crippen LogP contribution in [0.5, 0.6) is 5.75 Å². The van der Waals surface area contributed by atoms with Crippen LogP contribution in [0, 0.1) is 5.82 Å². The summed E-state index contributed by atoms with van der Waals surface area (Å²) in [5.74, 6) is 0.203. The molecule has 1 amide bonds. The number of hydrogen-bond donors (Lipinski definition) is 0. The van der Waals surface area contributed by atoms with Gasteiger partial charge in [-0.25, -0.2) is 4.39 Å². The average Bonchev–Trinajstić information content (AvgIpc) is 2.80. The Hall–Kier alpha value is -2.40. The van der Waals surface area contributed by atoms with Crippen LogP contribution in [0.3, 0.4) is 0 Å². The number of carbonyl (C=O) groups excluding carboxylic acids is 1. The van der Waals surface area contributed by atoms with E-state index in [0.29, 0.717) is 11.8 Å². The lowest BCUT2D eigenvalue weighted by Gasteiger charge is -2.41. The quantitative estimate of drug-likeness (QED) is 0.652. The van der Waals surface area contributed by atoms with Gasteiger partial charge in [-0.15, -0.1) is 0 Å². The number of ether oxygens (including phenoxy) is 1. The number of carbonyl (C=O) groups is 1. The Labute approximate surface area is 191 Å². The topological polar surface area (TPSA) is 32.8 Å². The summed E-state index contributed by atoms with van der Waals surface area (Å²) in [5, 5.41) is 0. The van der Waals surface area contributed by atoms with Gasteiger partial charge in [0.1, 0.15) is 6.10 Å². The first-order valence-corrected chi connectivity index (χ1v) is 11.9. The van der Waals surface area contributed by atoms with Crippen LogP contribution in [-0.2, 0) is 5.41 Å². The molecule has 0 atom stereocenters. The second-order valence-corrected chi connectivity index (χ2v) is 10.1. The van der Waals surface area contributed by atoms with Crippen LogP contribution >= 0.6 is 0 Å². The fourth-order valence-corrected chi connectivity index (χ4v) is 4.81. The van der Waals surface area contributed by atoms with Crippen LogP contribution in [0.2, 0.25) is 0 Å². The summed E-state index contributed by atoms with van der Waals surface area (Å²) in [4.78, 5) is 17.5. The van der Waals surface area contributed by atoms with Crippen molar-refractivity contribution in [2.75, 3.05) is 26.2 Å². The summed E-state index contributed by atoms with van der Waals surface area (Å²) in [7, 11) is 0. The maximum atomic E-state index is 13.8. The summed E-state index contributed by atoms with van der Waals surface area (Å²) in [6.07, 6.45) is 3.90. The molecule has 2 heterocycles. The molecule has 2 saturated heterocycles. The van der Waals surface area contributed by atoms with E-state index in [4.69, 9.17) is 4.74 Å². The molecule has 5 heteroatoms. The van der Waals surface area contributed by atoms with Crippen LogP contribution in [0.15, 0.2) is 48.5 Å². The molecule has 0 saturated carbocycles. The van der Waals surface area contributed by atoms with Gasteiger partial charge in [0.05, 0.1) is 0 Å². The van der Waals surface area contributed by atoms with Gasteiger partial charge in [0, 0.05) is 37.8 Å². The molecule has 0 radical (unpaired) electrons. The Bertz CT molecular complexity index is 906. The van der Waals surface area contributed by atoms with E-state index in [-0.39, 0.29) is 23.2 Å². The van der Waals surface area contributed by atoms with Crippen molar-refractivity contribution in [2.24, 2.45) is 0 Å². The van der Waals surface area contributed by atoms with Crippen molar-refractivity contribution >= 4 is 5.91 Å². The standard InChI is InChI=1S/C27H35FN2O2/c1-27(2,3)21-10-8-20(9-11-21)26(31)30-16-12-22(13-17-30)29-18-14-23(15-19-29)32-25-7-5-4-6-24(25)28/h4-11,22-23H,12-19H2,1-3H3. The second-order valence-electron chi connectivity index (χ2n) is 10.1. The van der Waals surface area contributed by atoms with E-state index >= 15 is 0 Å². The Morgan fingerprint density at radius 1 is 0.906 bits per heavy atom. The Balaban J connectivity index is 1.24. The van der Waals surface area contributed by atoms with E-state index in [2.05, 4.69) is 37.8 Å². The summed E-state index contributed by atoms with van der Waals surface area (Å²) < 4.78 is 19.7. The van der Waals surface area contributed by atoms with Crippen molar-refractivity contribution in [3.8, 4) is 5.75 Å². The number of piperidine rings is 2. The first-order chi connectivity index (χ1) is 15.3. The zero-order valence-electron chi connectivity index (χ0n) is 19.5. The van der Waals surface area contributed by atoms with Crippen molar-refractivity contribution in [2.45, 2.75) is 64.0 Å². The van der Waals surface area contributed by atoms with Gasteiger partial charge in [-0.1, -0.05) is 45.0 Å². The molecule has 0 spiro atoms. The monoisotopic (exact) mass is 438 g/mol. The molecule has 2 aliphatic heterocycles. The highest BCUT2D eigenvalue weighted by Crippen LogP contribution is 2.26. The molecule has 172 valence electrons. The zero-order chi connectivity index (χ0) is 22.7. The number of likely N-dealkylation sites (tertiary alicyclic amines) is 2. The number of hydrogen-bond acceptors (Lipinski definition) is 3. The molecule has 0 N–H and O–H groups in total. The molecule has 2 aromatic carbocycles. The molecule has 4 nitrogen and oxygen atoms in total. The molecule has 2 fully saturated rings. The van der Waals surface area contributed by atoms with Gasteiger partial charge in [0.2, 0.25) is 0 Å². The lowest BCUT2D eigenvalue weighted by Crippen LogP contribution is -2.50. The zero-order valence-corrected chi connectivity index (χ0v) is 19.5. The van der Waals surface area contributed by atoms with Crippen LogP contribution < -0.4 is 4.74 Å². The first-order valence-electron chi connectivity index (χ1n) is 11.9. The van der Waals surface area contributed by atoms with Gasteiger partial charge in [-0.2, -0.15) is 0 Å². The van der Waals surface area contributed by atoms with Gasteiger partial charge in [0.25, 0.3) is 5.91 Å². The van der Waals surface area contributed by atoms with Crippen LogP contribution in [0.4, 0.5) is 4.39 Å². The maximum Gasteiger partial charge on any atom is 0.253 e. The largest absolute Gasteiger partial charge is 0.487 e. The molecule has 2 aliphatic rings. The second kappa shape index (κ2) is 9.62. The smallest absolute Gasteiger partial charge is 0.253 e. The fourth-order valence-electron chi connectivity index (χ4n) is 4.81. The Morgan fingerprint density at radius 3 is 2.12 bits per heavy atom. The van der Waals surface area contributed by atoms with Crippen molar-refractivity contribution < 1.29 is 13.9 Å². The molecule has 0 aromatic heterocycles. The normalized spacial score (nSPS) is 19.2. The number of rotatable bonds is 4. The SMILES string of the molecule is CC(C)(C)c1ccc(C(=O)N2CCC(N3CCC(Oc4ccccc4F)CC3)CC2)cc1. The summed E-state index contributed by atoms with van der Waals surface area (Å²) in [6.45, 7) is 10.1. The number of amides is 1. The minimum atomic E-state index is -0.292. The average molecular weight is 439 g/mol. The third-order valence-corrected chi connectivity index (χ3v) is 6.87. The summed E-state index contributed by atoms with van der Waals surface area (Å²) in [5.41, 5.74) is 2.12. The minimum Gasteiger partial charge on any atom is -0.487 e. The van der Waals surface area contributed by atoms with Crippen molar-refractivity contribution in [3.05, 3.63) is 65.5 Å². The maximum absolute atomic E-state index is 13.8. The van der Waals surface area contributed by atoms with Gasteiger partial charge >= 0.3 is 0 Å². The fraction of sp³-hybridized carbons (Fsp3) is 0.519. The van der Waals surface area contributed by atoms with Crippen molar-refractivity contribution in [1.82, 2.24) is 9.80 Å². The van der Waals surface area contributed by atoms with E-state index in [0.717, 1.165) is 57.4 Å². The molecular formula is C27H35FN2O2. The highest BCUT2D eigenvalue weighted by atomic mass is 19.1. The molecule has 4 rings (SSSR count). The van der Waals surface area contributed by atoms with E-state index < -0.39 is 0 Å². The Kier molecular flexibility index (Phi) is 6.85. The van der Waals surface area contributed by atoms with Gasteiger partial charge in [-0.05, 0) is 60.9 Å². The van der Waals surface area contributed by atoms with Crippen LogP contribution in [-0.4, -0.2) is 54.0 Å². The van der Waals surface area contributed by atoms with Crippen molar-refractivity contribution in [3.63, 3.8) is 0 Å². The van der Waals surface area contributed by atoms with Gasteiger partial charge < -0.3 is 9.64 Å². The molecular weight excluding hydrogens is 403 g/mol. The Morgan fingerprint density at radius 2 is 1.53 bits per heavy atom. The van der Waals surface area contributed by atoms with Crippen molar-refractivity contribution in [1.29, 1.82) is 0 Å². The van der Waals surface area contributed by atoms with E-state index in [9.17, 15) is 9.18 Å². The molecule has 0 bridgehead atoms. The number of halogens is 1. The van der Waals surface area contributed by atoms with Gasteiger partial charge in [0.15, 0.2) is 11.6 Å². The third-order valence-electron chi connectivity index (χ3n) is 6.87.